The Kier molecular flexibility index (Phi) is 8.34. The molecule has 0 bridgehead atoms. The number of benzene rings is 1. The smallest absolute Gasteiger partial charge is 0.132 e. The molecule has 0 aromatic heterocycles. The minimum absolute atomic E-state index is 0.343. The molecule has 1 aromatic carbocycles. The SMILES string of the molecule is C=Cc1ccc(C=C)c(Br)c1.CCC(=O)CC. The predicted molar refractivity (Wildman–Crippen MR) is 79.9 cm³/mol. The largest absolute Gasteiger partial charge is 0.300 e. The molecule has 0 atom stereocenters. The van der Waals surface area contributed by atoms with Crippen LogP contribution < -0.4 is 0 Å². The van der Waals surface area contributed by atoms with Crippen molar-refractivity contribution in [1.29, 1.82) is 0 Å². The summed E-state index contributed by atoms with van der Waals surface area (Å²) in [6.07, 6.45) is 5.02. The molecule has 0 spiro atoms. The Labute approximate surface area is 112 Å². The van der Waals surface area contributed by atoms with E-state index in [2.05, 4.69) is 29.1 Å². The average molecular weight is 295 g/mol. The maximum Gasteiger partial charge on any atom is 0.132 e. The van der Waals surface area contributed by atoms with Crippen molar-refractivity contribution in [3.8, 4) is 0 Å². The first-order valence-corrected chi connectivity index (χ1v) is 6.44. The highest BCUT2D eigenvalue weighted by molar-refractivity contribution is 9.10. The zero-order valence-electron chi connectivity index (χ0n) is 10.5. The second-order valence-corrected chi connectivity index (χ2v) is 4.29. The van der Waals surface area contributed by atoms with Gasteiger partial charge in [0.05, 0.1) is 0 Å². The average Bonchev–Trinajstić information content (AvgIpc) is 2.38. The van der Waals surface area contributed by atoms with Gasteiger partial charge in [0, 0.05) is 17.3 Å². The summed E-state index contributed by atoms with van der Waals surface area (Å²) in [5.74, 6) is 0.343. The molecule has 0 heterocycles. The zero-order valence-corrected chi connectivity index (χ0v) is 12.1. The van der Waals surface area contributed by atoms with Crippen molar-refractivity contribution in [2.24, 2.45) is 0 Å². The number of Topliss-reactive ketones (excluding diaryl/α,β-unsaturated/α-hetero) is 1. The molecule has 2 heteroatoms. The molecule has 0 fully saturated rings. The van der Waals surface area contributed by atoms with Crippen LogP contribution in [-0.4, -0.2) is 5.78 Å². The van der Waals surface area contributed by atoms with Gasteiger partial charge in [-0.25, -0.2) is 0 Å². The summed E-state index contributed by atoms with van der Waals surface area (Å²) in [4.78, 5) is 10.2. The summed E-state index contributed by atoms with van der Waals surface area (Å²) in [5.41, 5.74) is 2.22. The van der Waals surface area contributed by atoms with Crippen LogP contribution in [0.25, 0.3) is 12.2 Å². The predicted octanol–water partition coefficient (Wildman–Crippen LogP) is 5.11. The lowest BCUT2D eigenvalue weighted by molar-refractivity contribution is -0.118. The van der Waals surface area contributed by atoms with Gasteiger partial charge >= 0.3 is 0 Å². The fourth-order valence-electron chi connectivity index (χ4n) is 1.09. The summed E-state index contributed by atoms with van der Waals surface area (Å²) in [5, 5.41) is 0. The van der Waals surface area contributed by atoms with E-state index in [1.165, 1.54) is 0 Å². The van der Waals surface area contributed by atoms with Crippen molar-refractivity contribution >= 4 is 33.9 Å². The van der Waals surface area contributed by atoms with E-state index in [9.17, 15) is 4.79 Å². The number of ketones is 1. The van der Waals surface area contributed by atoms with E-state index < -0.39 is 0 Å². The van der Waals surface area contributed by atoms with E-state index in [-0.39, 0.29) is 0 Å². The Morgan fingerprint density at radius 1 is 1.24 bits per heavy atom. The van der Waals surface area contributed by atoms with E-state index in [0.717, 1.165) is 15.6 Å². The first kappa shape index (κ1) is 15.9. The molecule has 0 radical (unpaired) electrons. The fourth-order valence-corrected chi connectivity index (χ4v) is 1.64. The number of carbonyl (C=O) groups is 1. The van der Waals surface area contributed by atoms with Gasteiger partial charge in [-0.05, 0) is 17.2 Å². The lowest BCUT2D eigenvalue weighted by Gasteiger charge is -1.98. The van der Waals surface area contributed by atoms with Crippen LogP contribution in [0.1, 0.15) is 37.8 Å². The second kappa shape index (κ2) is 8.94. The summed E-state index contributed by atoms with van der Waals surface area (Å²) in [6.45, 7) is 11.1. The number of halogens is 1. The molecule has 0 saturated heterocycles. The Morgan fingerprint density at radius 2 is 1.82 bits per heavy atom. The van der Waals surface area contributed by atoms with Crippen LogP contribution in [0.3, 0.4) is 0 Å². The second-order valence-electron chi connectivity index (χ2n) is 3.43. The summed E-state index contributed by atoms with van der Waals surface area (Å²) < 4.78 is 1.06. The topological polar surface area (TPSA) is 17.1 Å². The first-order valence-electron chi connectivity index (χ1n) is 5.65. The molecular weight excluding hydrogens is 276 g/mol. The van der Waals surface area contributed by atoms with E-state index in [4.69, 9.17) is 0 Å². The van der Waals surface area contributed by atoms with Crippen LogP contribution in [0, 0.1) is 0 Å². The molecule has 0 aliphatic heterocycles. The first-order chi connectivity index (χ1) is 8.08. The minimum atomic E-state index is 0.343. The highest BCUT2D eigenvalue weighted by atomic mass is 79.9. The van der Waals surface area contributed by atoms with E-state index >= 15 is 0 Å². The molecule has 0 saturated carbocycles. The van der Waals surface area contributed by atoms with Crippen molar-refractivity contribution in [2.75, 3.05) is 0 Å². The van der Waals surface area contributed by atoms with Gasteiger partial charge in [0.2, 0.25) is 0 Å². The number of carbonyl (C=O) groups excluding carboxylic acids is 1. The van der Waals surface area contributed by atoms with E-state index in [0.29, 0.717) is 18.6 Å². The Bertz CT molecular complexity index is 388. The number of hydrogen-bond acceptors (Lipinski definition) is 1. The third-order valence-electron chi connectivity index (χ3n) is 2.27. The van der Waals surface area contributed by atoms with Crippen molar-refractivity contribution in [1.82, 2.24) is 0 Å². The standard InChI is InChI=1S/C10H9Br.C5H10O/c1-3-8-5-6-9(4-2)10(11)7-8;1-3-5(6)4-2/h3-7H,1-2H2;3-4H2,1-2H3. The molecule has 0 unspecified atom stereocenters. The lowest BCUT2D eigenvalue weighted by atomic mass is 10.1. The molecular formula is C15H19BrO. The molecule has 92 valence electrons. The number of rotatable bonds is 4. The van der Waals surface area contributed by atoms with Crippen LogP contribution in [0.15, 0.2) is 35.8 Å². The quantitative estimate of drug-likeness (QED) is 0.754. The fraction of sp³-hybridized carbons (Fsp3) is 0.267. The molecule has 1 nitrogen and oxygen atoms in total. The minimum Gasteiger partial charge on any atom is -0.300 e. The molecule has 0 aliphatic carbocycles. The zero-order chi connectivity index (χ0) is 13.3. The van der Waals surface area contributed by atoms with Crippen molar-refractivity contribution in [2.45, 2.75) is 26.7 Å². The van der Waals surface area contributed by atoms with Crippen LogP contribution in [-0.2, 0) is 4.79 Å². The van der Waals surface area contributed by atoms with Crippen LogP contribution in [0.2, 0.25) is 0 Å². The van der Waals surface area contributed by atoms with Crippen molar-refractivity contribution in [3.63, 3.8) is 0 Å². The normalized spacial score (nSPS) is 8.88. The van der Waals surface area contributed by atoms with Gasteiger partial charge < -0.3 is 0 Å². The van der Waals surface area contributed by atoms with E-state index in [1.807, 2.05) is 44.2 Å². The maximum absolute atomic E-state index is 10.2. The van der Waals surface area contributed by atoms with Gasteiger partial charge in [0.25, 0.3) is 0 Å². The third-order valence-corrected chi connectivity index (χ3v) is 2.96. The van der Waals surface area contributed by atoms with Crippen molar-refractivity contribution < 1.29 is 4.79 Å². The third kappa shape index (κ3) is 6.22. The molecule has 1 rings (SSSR count). The summed E-state index contributed by atoms with van der Waals surface area (Å²) in [7, 11) is 0. The highest BCUT2D eigenvalue weighted by Gasteiger charge is 1.94. The van der Waals surface area contributed by atoms with Crippen LogP contribution in [0.4, 0.5) is 0 Å². The Balaban J connectivity index is 0.000000366. The summed E-state index contributed by atoms with van der Waals surface area (Å²) in [6, 6.07) is 6.03. The molecule has 0 aliphatic rings. The van der Waals surface area contributed by atoms with Gasteiger partial charge in [-0.2, -0.15) is 0 Å². The lowest BCUT2D eigenvalue weighted by Crippen LogP contribution is -1.88. The van der Waals surface area contributed by atoms with Gasteiger partial charge in [-0.3, -0.25) is 4.79 Å². The molecule has 1 aromatic rings. The summed E-state index contributed by atoms with van der Waals surface area (Å²) >= 11 is 3.43. The Morgan fingerprint density at radius 3 is 2.12 bits per heavy atom. The molecule has 0 amide bonds. The van der Waals surface area contributed by atoms with Crippen LogP contribution >= 0.6 is 15.9 Å². The van der Waals surface area contributed by atoms with Crippen molar-refractivity contribution in [3.05, 3.63) is 47.0 Å². The highest BCUT2D eigenvalue weighted by Crippen LogP contribution is 2.19. The van der Waals surface area contributed by atoms with E-state index in [1.54, 1.807) is 0 Å². The molecule has 17 heavy (non-hydrogen) atoms. The molecule has 0 N–H and O–H groups in total. The van der Waals surface area contributed by atoms with Gasteiger partial charge in [0.15, 0.2) is 0 Å². The maximum atomic E-state index is 10.2. The Hall–Kier alpha value is -1.15. The monoisotopic (exact) mass is 294 g/mol. The van der Waals surface area contributed by atoms with Gasteiger partial charge in [0.1, 0.15) is 5.78 Å². The van der Waals surface area contributed by atoms with Crippen LogP contribution in [0.5, 0.6) is 0 Å². The number of hydrogen-bond donors (Lipinski definition) is 0. The van der Waals surface area contributed by atoms with Gasteiger partial charge in [-0.15, -0.1) is 0 Å². The van der Waals surface area contributed by atoms with Gasteiger partial charge in [-0.1, -0.05) is 67.2 Å².